The van der Waals surface area contributed by atoms with E-state index in [4.69, 9.17) is 4.52 Å². The number of hydrogen-bond acceptors (Lipinski definition) is 5. The van der Waals surface area contributed by atoms with Gasteiger partial charge < -0.3 is 4.52 Å². The highest BCUT2D eigenvalue weighted by Gasteiger charge is 2.18. The normalized spacial score (nSPS) is 11.4. The van der Waals surface area contributed by atoms with Crippen molar-refractivity contribution < 1.29 is 13.3 Å². The lowest BCUT2D eigenvalue weighted by Gasteiger charge is -2.03. The van der Waals surface area contributed by atoms with Crippen molar-refractivity contribution in [2.45, 2.75) is 32.7 Å². The standard InChI is InChI=1S/C25H21F2N5O/c1-2-3-5-16-8-10-17(11-9-16)23-12-18(31-33-23)14-32-15-22-21(13-28-32)29-25(30-22)19-6-4-7-20(26)24(19)27/h4,6-13,15H,2-3,5,14H2,1H3. The van der Waals surface area contributed by atoms with Gasteiger partial charge in [0, 0.05) is 11.6 Å². The van der Waals surface area contributed by atoms with E-state index in [0.717, 1.165) is 18.1 Å². The molecule has 0 unspecified atom stereocenters. The fourth-order valence-electron chi connectivity index (χ4n) is 3.65. The van der Waals surface area contributed by atoms with Gasteiger partial charge in [-0.1, -0.05) is 48.8 Å². The van der Waals surface area contributed by atoms with Gasteiger partial charge in [-0.25, -0.2) is 18.7 Å². The van der Waals surface area contributed by atoms with Gasteiger partial charge in [-0.15, -0.1) is 0 Å². The Morgan fingerprint density at radius 1 is 1.00 bits per heavy atom. The quantitative estimate of drug-likeness (QED) is 0.318. The summed E-state index contributed by atoms with van der Waals surface area (Å²) in [6, 6.07) is 14.1. The van der Waals surface area contributed by atoms with E-state index >= 15 is 0 Å². The fraction of sp³-hybridized carbons (Fsp3) is 0.200. The maximum atomic E-state index is 14.1. The maximum Gasteiger partial charge on any atom is 0.169 e. The zero-order valence-corrected chi connectivity index (χ0v) is 18.0. The van der Waals surface area contributed by atoms with Crippen molar-refractivity contribution in [3.63, 3.8) is 0 Å². The van der Waals surface area contributed by atoms with Crippen molar-refractivity contribution in [3.8, 4) is 34.1 Å². The van der Waals surface area contributed by atoms with E-state index in [-0.39, 0.29) is 11.4 Å². The number of fused-ring (bicyclic) bond motifs is 1. The van der Waals surface area contributed by atoms with E-state index in [0.29, 0.717) is 29.4 Å². The zero-order valence-electron chi connectivity index (χ0n) is 18.0. The average molecular weight is 445 g/mol. The molecule has 2 aliphatic rings. The molecule has 0 bridgehead atoms. The predicted molar refractivity (Wildman–Crippen MR) is 119 cm³/mol. The van der Waals surface area contributed by atoms with Crippen molar-refractivity contribution in [2.24, 2.45) is 0 Å². The number of aromatic nitrogens is 5. The third-order valence-electron chi connectivity index (χ3n) is 5.45. The minimum atomic E-state index is -0.970. The number of unbranched alkanes of at least 4 members (excludes halogenated alkanes) is 1. The molecule has 0 N–H and O–H groups in total. The molecule has 5 rings (SSSR count). The molecule has 6 nitrogen and oxygen atoms in total. The Hall–Kier alpha value is -3.94. The highest BCUT2D eigenvalue weighted by molar-refractivity contribution is 5.65. The Bertz CT molecular complexity index is 1360. The summed E-state index contributed by atoms with van der Waals surface area (Å²) >= 11 is 0. The summed E-state index contributed by atoms with van der Waals surface area (Å²) in [5.74, 6) is -1.10. The summed E-state index contributed by atoms with van der Waals surface area (Å²) in [6.45, 7) is 2.55. The van der Waals surface area contributed by atoms with E-state index in [2.05, 4.69) is 39.3 Å². The van der Waals surface area contributed by atoms with E-state index < -0.39 is 11.6 Å². The molecule has 0 saturated heterocycles. The summed E-state index contributed by atoms with van der Waals surface area (Å²) in [5.41, 5.74) is 4.00. The summed E-state index contributed by atoms with van der Waals surface area (Å²) < 4.78 is 34.8. The van der Waals surface area contributed by atoms with Crippen molar-refractivity contribution in [3.05, 3.63) is 83.8 Å². The topological polar surface area (TPSA) is 69.6 Å². The summed E-state index contributed by atoms with van der Waals surface area (Å²) in [5, 5.41) is 8.49. The monoisotopic (exact) mass is 445 g/mol. The lowest BCUT2D eigenvalue weighted by molar-refractivity contribution is 0.419. The van der Waals surface area contributed by atoms with E-state index in [1.807, 2.05) is 18.2 Å². The Labute approximate surface area is 189 Å². The number of hydrogen-bond donors (Lipinski definition) is 0. The van der Waals surface area contributed by atoms with Crippen LogP contribution in [0.25, 0.3) is 34.1 Å². The van der Waals surface area contributed by atoms with Crippen LogP contribution < -0.4 is 0 Å². The Kier molecular flexibility index (Phi) is 5.64. The second-order valence-electron chi connectivity index (χ2n) is 7.87. The van der Waals surface area contributed by atoms with Gasteiger partial charge in [-0.2, -0.15) is 5.10 Å². The van der Waals surface area contributed by atoms with E-state index in [1.165, 1.54) is 30.5 Å². The number of aryl methyl sites for hydroxylation is 1. The van der Waals surface area contributed by atoms with Gasteiger partial charge in [0.05, 0.1) is 24.5 Å². The van der Waals surface area contributed by atoms with Crippen LogP contribution in [0.1, 0.15) is 31.0 Å². The molecule has 0 saturated carbocycles. The highest BCUT2D eigenvalue weighted by atomic mass is 19.2. The van der Waals surface area contributed by atoms with Gasteiger partial charge >= 0.3 is 0 Å². The molecule has 33 heavy (non-hydrogen) atoms. The average Bonchev–Trinajstić information content (AvgIpc) is 3.47. The second-order valence-corrected chi connectivity index (χ2v) is 7.87. The highest BCUT2D eigenvalue weighted by Crippen LogP contribution is 2.27. The fourth-order valence-corrected chi connectivity index (χ4v) is 3.65. The lowest BCUT2D eigenvalue weighted by Crippen LogP contribution is -2.05. The minimum Gasteiger partial charge on any atom is -0.356 e. The largest absolute Gasteiger partial charge is 0.356 e. The molecule has 1 aromatic heterocycles. The van der Waals surface area contributed by atoms with Crippen LogP contribution in [0.4, 0.5) is 8.78 Å². The molecule has 8 heteroatoms. The summed E-state index contributed by atoms with van der Waals surface area (Å²) in [6.07, 6.45) is 6.65. The van der Waals surface area contributed by atoms with Gasteiger partial charge in [0.2, 0.25) is 0 Å². The first kappa shape index (κ1) is 20.9. The molecule has 0 amide bonds. The maximum absolute atomic E-state index is 14.1. The molecular weight excluding hydrogens is 424 g/mol. The van der Waals surface area contributed by atoms with Gasteiger partial charge in [0.25, 0.3) is 0 Å². The van der Waals surface area contributed by atoms with Gasteiger partial charge in [0.15, 0.2) is 23.2 Å². The molecule has 2 aromatic carbocycles. The molecule has 0 atom stereocenters. The smallest absolute Gasteiger partial charge is 0.169 e. The number of nitrogens with zero attached hydrogens (tertiary/aromatic N) is 5. The van der Waals surface area contributed by atoms with Crippen molar-refractivity contribution in [1.29, 1.82) is 0 Å². The number of imidazole rings is 1. The first-order valence-corrected chi connectivity index (χ1v) is 10.8. The molecule has 0 aliphatic carbocycles. The number of halogens is 2. The molecule has 3 aromatic rings. The van der Waals surface area contributed by atoms with Crippen LogP contribution in [0.2, 0.25) is 0 Å². The van der Waals surface area contributed by atoms with Crippen molar-refractivity contribution in [2.75, 3.05) is 0 Å². The first-order chi connectivity index (χ1) is 16.1. The molecule has 0 fully saturated rings. The van der Waals surface area contributed by atoms with Crippen LogP contribution in [0.5, 0.6) is 0 Å². The van der Waals surface area contributed by atoms with Crippen LogP contribution in [0.3, 0.4) is 0 Å². The minimum absolute atomic E-state index is 0.0135. The van der Waals surface area contributed by atoms with E-state index in [9.17, 15) is 8.78 Å². The van der Waals surface area contributed by atoms with Crippen LogP contribution >= 0.6 is 0 Å². The Morgan fingerprint density at radius 3 is 2.64 bits per heavy atom. The predicted octanol–water partition coefficient (Wildman–Crippen LogP) is 5.77. The summed E-state index contributed by atoms with van der Waals surface area (Å²) in [7, 11) is 0. The Balaban J connectivity index is 1.34. The zero-order chi connectivity index (χ0) is 22.8. The van der Waals surface area contributed by atoms with Crippen LogP contribution in [-0.2, 0) is 13.0 Å². The molecule has 166 valence electrons. The van der Waals surface area contributed by atoms with Crippen LogP contribution in [0, 0.1) is 11.6 Å². The lowest BCUT2D eigenvalue weighted by atomic mass is 10.1. The number of benzene rings is 2. The number of rotatable bonds is 7. The molecular formula is C25H21F2N5O. The third kappa shape index (κ3) is 4.37. The third-order valence-corrected chi connectivity index (χ3v) is 5.45. The van der Waals surface area contributed by atoms with Gasteiger partial charge in [0.1, 0.15) is 17.1 Å². The molecule has 2 aliphatic heterocycles. The molecule has 0 radical (unpaired) electrons. The van der Waals surface area contributed by atoms with Gasteiger partial charge in [-0.05, 0) is 30.5 Å². The van der Waals surface area contributed by atoms with Crippen molar-refractivity contribution in [1.82, 2.24) is 24.9 Å². The van der Waals surface area contributed by atoms with E-state index in [1.54, 1.807) is 17.1 Å². The second kappa shape index (κ2) is 8.90. The first-order valence-electron chi connectivity index (χ1n) is 10.8. The molecule has 0 spiro atoms. The van der Waals surface area contributed by atoms with Crippen LogP contribution in [-0.4, -0.2) is 24.9 Å². The van der Waals surface area contributed by atoms with Gasteiger partial charge in [-0.3, -0.25) is 4.68 Å². The van der Waals surface area contributed by atoms with Crippen LogP contribution in [0.15, 0.2) is 65.4 Å². The Morgan fingerprint density at radius 2 is 1.82 bits per heavy atom. The SMILES string of the molecule is CCCCc1ccc(-c2cc(Cn3cc4nc(-c5cccc(F)c5F)nc-4cn3)no2)cc1. The molecule has 3 heterocycles. The van der Waals surface area contributed by atoms with Crippen molar-refractivity contribution >= 4 is 0 Å². The summed E-state index contributed by atoms with van der Waals surface area (Å²) in [4.78, 5) is 8.62.